The van der Waals surface area contributed by atoms with E-state index in [-0.39, 0.29) is 16.5 Å². The quantitative estimate of drug-likeness (QED) is 0.787. The number of sulfonamides is 1. The minimum atomic E-state index is -3.68. The molecule has 0 saturated carbocycles. The summed E-state index contributed by atoms with van der Waals surface area (Å²) in [7, 11) is -3.68. The first-order valence-electron chi connectivity index (χ1n) is 6.02. The van der Waals surface area contributed by atoms with Crippen molar-refractivity contribution in [3.63, 3.8) is 0 Å². The van der Waals surface area contributed by atoms with Crippen LogP contribution in [0.5, 0.6) is 0 Å². The summed E-state index contributed by atoms with van der Waals surface area (Å²) >= 11 is 13.7. The lowest BCUT2D eigenvalue weighted by atomic mass is 10.2. The molecular formula is C12H18Cl2N2O2S2. The van der Waals surface area contributed by atoms with Gasteiger partial charge in [0.15, 0.2) is 0 Å². The van der Waals surface area contributed by atoms with Crippen molar-refractivity contribution in [2.24, 2.45) is 5.73 Å². The van der Waals surface area contributed by atoms with E-state index < -0.39 is 10.0 Å². The number of nitrogens with one attached hydrogen (secondary N) is 1. The van der Waals surface area contributed by atoms with E-state index in [1.165, 1.54) is 6.07 Å². The zero-order chi connectivity index (χ0) is 15.3. The summed E-state index contributed by atoms with van der Waals surface area (Å²) in [5, 5.41) is 0.808. The molecule has 1 unspecified atom stereocenters. The molecule has 1 rings (SSSR count). The number of halogens is 2. The van der Waals surface area contributed by atoms with E-state index in [0.717, 1.165) is 6.42 Å². The average molecular weight is 357 g/mol. The number of rotatable bonds is 7. The Balaban J connectivity index is 2.95. The van der Waals surface area contributed by atoms with E-state index >= 15 is 0 Å². The van der Waals surface area contributed by atoms with Crippen LogP contribution in [0, 0.1) is 0 Å². The molecule has 0 aromatic heterocycles. The predicted octanol–water partition coefficient (Wildman–Crippen LogP) is 2.87. The molecule has 0 heterocycles. The zero-order valence-corrected chi connectivity index (χ0v) is 14.5. The van der Waals surface area contributed by atoms with Gasteiger partial charge in [-0.05, 0) is 30.4 Å². The van der Waals surface area contributed by atoms with Gasteiger partial charge >= 0.3 is 0 Å². The van der Waals surface area contributed by atoms with Crippen molar-refractivity contribution < 1.29 is 8.42 Å². The summed E-state index contributed by atoms with van der Waals surface area (Å²) < 4.78 is 27.0. The molecule has 3 N–H and O–H groups in total. The fourth-order valence-corrected chi connectivity index (χ4v) is 3.90. The van der Waals surface area contributed by atoms with Crippen LogP contribution >= 0.6 is 35.0 Å². The summed E-state index contributed by atoms with van der Waals surface area (Å²) in [5.41, 5.74) is 6.04. The highest BCUT2D eigenvalue weighted by Gasteiger charge is 2.20. The standard InChI is InChI=1S/C12H18Cl2N2O2S2/c1-8(19-2)3-4-16-20(17,18)11-6-10(13)5-9(7-15)12(11)14/h5-6,8,16H,3-4,7,15H2,1-2H3. The molecule has 0 saturated heterocycles. The summed E-state index contributed by atoms with van der Waals surface area (Å²) in [6.45, 7) is 2.52. The van der Waals surface area contributed by atoms with Crippen molar-refractivity contribution in [2.45, 2.75) is 30.0 Å². The topological polar surface area (TPSA) is 72.2 Å². The highest BCUT2D eigenvalue weighted by atomic mass is 35.5. The van der Waals surface area contributed by atoms with Gasteiger partial charge in [-0.2, -0.15) is 11.8 Å². The molecule has 0 aliphatic carbocycles. The Morgan fingerprint density at radius 3 is 2.60 bits per heavy atom. The van der Waals surface area contributed by atoms with Crippen LogP contribution in [0.3, 0.4) is 0 Å². The number of hydrogen-bond donors (Lipinski definition) is 2. The van der Waals surface area contributed by atoms with Crippen LogP contribution in [0.1, 0.15) is 18.9 Å². The van der Waals surface area contributed by atoms with Crippen LogP contribution in [0.15, 0.2) is 17.0 Å². The lowest BCUT2D eigenvalue weighted by Gasteiger charge is -2.13. The maximum atomic E-state index is 12.2. The van der Waals surface area contributed by atoms with Crippen LogP contribution < -0.4 is 10.5 Å². The molecule has 0 amide bonds. The molecule has 0 spiro atoms. The smallest absolute Gasteiger partial charge is 0.242 e. The van der Waals surface area contributed by atoms with Gasteiger partial charge in [-0.15, -0.1) is 0 Å². The first-order valence-corrected chi connectivity index (χ1v) is 9.55. The second kappa shape index (κ2) is 7.87. The summed E-state index contributed by atoms with van der Waals surface area (Å²) in [5.74, 6) is 0. The fourth-order valence-electron chi connectivity index (χ4n) is 1.55. The van der Waals surface area contributed by atoms with Gasteiger partial charge in [0.1, 0.15) is 4.90 Å². The second-order valence-corrected chi connectivity index (χ2v) is 8.14. The Morgan fingerprint density at radius 1 is 1.40 bits per heavy atom. The fraction of sp³-hybridized carbons (Fsp3) is 0.500. The predicted molar refractivity (Wildman–Crippen MR) is 87.1 cm³/mol. The summed E-state index contributed by atoms with van der Waals surface area (Å²) in [4.78, 5) is -0.0241. The zero-order valence-electron chi connectivity index (χ0n) is 11.3. The van der Waals surface area contributed by atoms with Gasteiger partial charge in [-0.1, -0.05) is 30.1 Å². The Morgan fingerprint density at radius 2 is 2.05 bits per heavy atom. The van der Waals surface area contributed by atoms with E-state index in [1.807, 2.05) is 13.2 Å². The van der Waals surface area contributed by atoms with Crippen molar-refractivity contribution in [1.82, 2.24) is 4.72 Å². The van der Waals surface area contributed by atoms with Crippen molar-refractivity contribution in [2.75, 3.05) is 12.8 Å². The highest BCUT2D eigenvalue weighted by molar-refractivity contribution is 7.99. The van der Waals surface area contributed by atoms with E-state index in [4.69, 9.17) is 28.9 Å². The highest BCUT2D eigenvalue weighted by Crippen LogP contribution is 2.29. The first-order chi connectivity index (χ1) is 9.31. The molecule has 1 atom stereocenters. The first kappa shape index (κ1) is 18.1. The monoisotopic (exact) mass is 356 g/mol. The Labute approximate surface area is 134 Å². The van der Waals surface area contributed by atoms with Gasteiger partial charge in [0.05, 0.1) is 5.02 Å². The van der Waals surface area contributed by atoms with Crippen LogP contribution in [0.4, 0.5) is 0 Å². The summed E-state index contributed by atoms with van der Waals surface area (Å²) in [6.07, 6.45) is 2.73. The van der Waals surface area contributed by atoms with Gasteiger partial charge < -0.3 is 5.73 Å². The molecule has 0 radical (unpaired) electrons. The third kappa shape index (κ3) is 4.79. The largest absolute Gasteiger partial charge is 0.326 e. The third-order valence-corrected chi connectivity index (χ3v) is 6.14. The van der Waals surface area contributed by atoms with Crippen LogP contribution in [0.25, 0.3) is 0 Å². The van der Waals surface area contributed by atoms with E-state index in [1.54, 1.807) is 17.8 Å². The minimum Gasteiger partial charge on any atom is -0.326 e. The maximum Gasteiger partial charge on any atom is 0.242 e. The second-order valence-electron chi connectivity index (χ2n) is 4.31. The van der Waals surface area contributed by atoms with E-state index in [0.29, 0.717) is 22.4 Å². The van der Waals surface area contributed by atoms with Gasteiger partial charge in [0.25, 0.3) is 0 Å². The summed E-state index contributed by atoms with van der Waals surface area (Å²) in [6, 6.07) is 2.90. The lowest BCUT2D eigenvalue weighted by Crippen LogP contribution is -2.26. The molecule has 1 aromatic carbocycles. The number of nitrogens with two attached hydrogens (primary N) is 1. The SMILES string of the molecule is CSC(C)CCNS(=O)(=O)c1cc(Cl)cc(CN)c1Cl. The molecule has 114 valence electrons. The van der Waals surface area contributed by atoms with Gasteiger partial charge in [0.2, 0.25) is 10.0 Å². The molecular weight excluding hydrogens is 339 g/mol. The molecule has 0 aliphatic heterocycles. The molecule has 0 aliphatic rings. The van der Waals surface area contributed by atoms with Crippen molar-refractivity contribution >= 4 is 45.0 Å². The van der Waals surface area contributed by atoms with Gasteiger partial charge in [-0.25, -0.2) is 13.1 Å². The molecule has 0 bridgehead atoms. The lowest BCUT2D eigenvalue weighted by molar-refractivity contribution is 0.579. The van der Waals surface area contributed by atoms with Crippen LogP contribution in [-0.2, 0) is 16.6 Å². The maximum absolute atomic E-state index is 12.2. The Hall–Kier alpha value is 0.0200. The minimum absolute atomic E-state index is 0.0241. The van der Waals surface area contributed by atoms with Crippen LogP contribution in [-0.4, -0.2) is 26.5 Å². The molecule has 20 heavy (non-hydrogen) atoms. The average Bonchev–Trinajstić information content (AvgIpc) is 2.40. The third-order valence-electron chi connectivity index (χ3n) is 2.83. The Kier molecular flexibility index (Phi) is 7.11. The molecule has 8 heteroatoms. The van der Waals surface area contributed by atoms with E-state index in [2.05, 4.69) is 4.72 Å². The number of benzene rings is 1. The normalized spacial score (nSPS) is 13.4. The molecule has 4 nitrogen and oxygen atoms in total. The molecule has 0 fully saturated rings. The van der Waals surface area contributed by atoms with E-state index in [9.17, 15) is 8.42 Å². The van der Waals surface area contributed by atoms with Crippen molar-refractivity contribution in [3.8, 4) is 0 Å². The van der Waals surface area contributed by atoms with Gasteiger partial charge in [-0.3, -0.25) is 0 Å². The number of thioether (sulfide) groups is 1. The Bertz CT molecular complexity index is 565. The van der Waals surface area contributed by atoms with Crippen LogP contribution in [0.2, 0.25) is 10.0 Å². The van der Waals surface area contributed by atoms with Crippen molar-refractivity contribution in [3.05, 3.63) is 27.7 Å². The van der Waals surface area contributed by atoms with Crippen molar-refractivity contribution in [1.29, 1.82) is 0 Å². The van der Waals surface area contributed by atoms with Gasteiger partial charge in [0, 0.05) is 23.4 Å². The number of hydrogen-bond acceptors (Lipinski definition) is 4. The molecule has 1 aromatic rings.